The molecule has 3 nitrogen and oxygen atoms in total. The van der Waals surface area contributed by atoms with Gasteiger partial charge >= 0.3 is 0 Å². The molecule has 1 aliphatic carbocycles. The third-order valence-corrected chi connectivity index (χ3v) is 3.73. The molecule has 0 unspecified atom stereocenters. The van der Waals surface area contributed by atoms with Crippen molar-refractivity contribution in [2.24, 2.45) is 11.3 Å². The van der Waals surface area contributed by atoms with E-state index in [4.69, 9.17) is 11.6 Å². The van der Waals surface area contributed by atoms with Gasteiger partial charge in [0.25, 0.3) is 0 Å². The third-order valence-electron chi connectivity index (χ3n) is 3.49. The molecule has 0 bridgehead atoms. The highest BCUT2D eigenvalue weighted by molar-refractivity contribution is 6.31. The van der Waals surface area contributed by atoms with Gasteiger partial charge in [0.15, 0.2) is 0 Å². The highest BCUT2D eigenvalue weighted by Crippen LogP contribution is 2.45. The maximum atomic E-state index is 12.2. The van der Waals surface area contributed by atoms with E-state index in [1.165, 1.54) is 0 Å². The van der Waals surface area contributed by atoms with Crippen LogP contribution in [0.1, 0.15) is 25.3 Å². The zero-order chi connectivity index (χ0) is 13.3. The SMILES string of the molecule is Cc1ccc(Cl)cc1NC(=O)C1(C#N)CC(C)C1. The zero-order valence-corrected chi connectivity index (χ0v) is 11.2. The predicted octanol–water partition coefficient (Wildman–Crippen LogP) is 3.53. The summed E-state index contributed by atoms with van der Waals surface area (Å²) in [7, 11) is 0. The van der Waals surface area contributed by atoms with Gasteiger partial charge in [0.05, 0.1) is 6.07 Å². The molecule has 1 N–H and O–H groups in total. The second-order valence-electron chi connectivity index (χ2n) is 5.12. The number of amides is 1. The van der Waals surface area contributed by atoms with Crippen molar-refractivity contribution in [3.8, 4) is 6.07 Å². The van der Waals surface area contributed by atoms with E-state index in [0.717, 1.165) is 5.56 Å². The van der Waals surface area contributed by atoms with Crippen molar-refractivity contribution in [2.45, 2.75) is 26.7 Å². The Morgan fingerprint density at radius 1 is 1.56 bits per heavy atom. The van der Waals surface area contributed by atoms with Crippen LogP contribution < -0.4 is 5.32 Å². The van der Waals surface area contributed by atoms with Gasteiger partial charge in [-0.25, -0.2) is 0 Å². The van der Waals surface area contributed by atoms with Crippen molar-refractivity contribution in [3.63, 3.8) is 0 Å². The van der Waals surface area contributed by atoms with Gasteiger partial charge in [0.1, 0.15) is 5.41 Å². The Bertz CT molecular complexity index is 527. The number of carbonyl (C=O) groups excluding carboxylic acids is 1. The third kappa shape index (κ3) is 2.21. The highest BCUT2D eigenvalue weighted by atomic mass is 35.5. The van der Waals surface area contributed by atoms with E-state index in [1.54, 1.807) is 12.1 Å². The van der Waals surface area contributed by atoms with Crippen molar-refractivity contribution in [2.75, 3.05) is 5.32 Å². The Labute approximate surface area is 112 Å². The molecule has 0 saturated heterocycles. The Morgan fingerprint density at radius 2 is 2.22 bits per heavy atom. The lowest BCUT2D eigenvalue weighted by molar-refractivity contribution is -0.128. The summed E-state index contributed by atoms with van der Waals surface area (Å²) in [4.78, 5) is 12.2. The normalized spacial score (nSPS) is 26.0. The molecule has 94 valence electrons. The van der Waals surface area contributed by atoms with Crippen LogP contribution in [0.25, 0.3) is 0 Å². The first kappa shape index (κ1) is 12.9. The van der Waals surface area contributed by atoms with Crippen LogP contribution in [0.15, 0.2) is 18.2 Å². The number of nitrogens with one attached hydrogen (secondary N) is 1. The number of nitriles is 1. The van der Waals surface area contributed by atoms with Crippen molar-refractivity contribution < 1.29 is 4.79 Å². The average molecular weight is 263 g/mol. The summed E-state index contributed by atoms with van der Waals surface area (Å²) in [6.07, 6.45) is 1.27. The largest absolute Gasteiger partial charge is 0.324 e. The summed E-state index contributed by atoms with van der Waals surface area (Å²) in [6, 6.07) is 7.49. The van der Waals surface area contributed by atoms with Gasteiger partial charge < -0.3 is 5.32 Å². The van der Waals surface area contributed by atoms with Gasteiger partial charge in [0.2, 0.25) is 5.91 Å². The number of rotatable bonds is 2. The quantitative estimate of drug-likeness (QED) is 0.886. The van der Waals surface area contributed by atoms with E-state index in [1.807, 2.05) is 19.9 Å². The fraction of sp³-hybridized carbons (Fsp3) is 0.429. The molecule has 1 saturated carbocycles. The van der Waals surface area contributed by atoms with Crippen LogP contribution in [0.5, 0.6) is 0 Å². The maximum Gasteiger partial charge on any atom is 0.244 e. The molecule has 0 heterocycles. The minimum atomic E-state index is -0.853. The van der Waals surface area contributed by atoms with E-state index >= 15 is 0 Å². The van der Waals surface area contributed by atoms with Crippen molar-refractivity contribution in [1.82, 2.24) is 0 Å². The lowest BCUT2D eigenvalue weighted by atomic mass is 9.63. The van der Waals surface area contributed by atoms with Crippen LogP contribution in [-0.4, -0.2) is 5.91 Å². The van der Waals surface area contributed by atoms with Crippen LogP contribution in [0.4, 0.5) is 5.69 Å². The smallest absolute Gasteiger partial charge is 0.244 e. The van der Waals surface area contributed by atoms with Gasteiger partial charge in [-0.2, -0.15) is 5.26 Å². The van der Waals surface area contributed by atoms with Crippen molar-refractivity contribution in [1.29, 1.82) is 5.26 Å². The number of nitrogens with zero attached hydrogens (tertiary/aromatic N) is 1. The number of hydrogen-bond donors (Lipinski definition) is 1. The molecule has 0 radical (unpaired) electrons. The Hall–Kier alpha value is -1.53. The molecule has 0 spiro atoms. The standard InChI is InChI=1S/C14H15ClN2O/c1-9-6-14(7-9,8-16)13(18)17-12-5-11(15)4-3-10(12)2/h3-5,9H,6-7H2,1-2H3,(H,17,18). The summed E-state index contributed by atoms with van der Waals surface area (Å²) in [5.74, 6) is 0.226. The first-order valence-electron chi connectivity index (χ1n) is 5.96. The van der Waals surface area contributed by atoms with Crippen LogP contribution >= 0.6 is 11.6 Å². The molecule has 1 fully saturated rings. The molecule has 4 heteroatoms. The highest BCUT2D eigenvalue weighted by Gasteiger charge is 2.49. The van der Waals surface area contributed by atoms with Gasteiger partial charge in [0, 0.05) is 10.7 Å². The molecular formula is C14H15ClN2O. The number of carbonyl (C=O) groups is 1. The Morgan fingerprint density at radius 3 is 2.78 bits per heavy atom. The van der Waals surface area contributed by atoms with E-state index in [-0.39, 0.29) is 5.91 Å². The summed E-state index contributed by atoms with van der Waals surface area (Å²) in [6.45, 7) is 3.95. The van der Waals surface area contributed by atoms with Gasteiger partial charge in [-0.3, -0.25) is 4.79 Å². The number of hydrogen-bond acceptors (Lipinski definition) is 2. The maximum absolute atomic E-state index is 12.2. The van der Waals surface area contributed by atoms with Crippen LogP contribution in [0.3, 0.4) is 0 Å². The molecule has 1 amide bonds. The Kier molecular flexibility index (Phi) is 3.32. The molecular weight excluding hydrogens is 248 g/mol. The number of benzene rings is 1. The second kappa shape index (κ2) is 4.62. The fourth-order valence-electron chi connectivity index (χ4n) is 2.43. The molecule has 0 aliphatic heterocycles. The van der Waals surface area contributed by atoms with E-state index in [2.05, 4.69) is 11.4 Å². The van der Waals surface area contributed by atoms with Crippen LogP contribution in [0, 0.1) is 29.6 Å². The topological polar surface area (TPSA) is 52.9 Å². The molecule has 1 aliphatic rings. The van der Waals surface area contributed by atoms with E-state index in [9.17, 15) is 10.1 Å². The average Bonchev–Trinajstić information content (AvgIpc) is 2.29. The first-order valence-corrected chi connectivity index (χ1v) is 6.33. The molecule has 2 rings (SSSR count). The summed E-state index contributed by atoms with van der Waals surface area (Å²) >= 11 is 5.90. The van der Waals surface area contributed by atoms with Crippen LogP contribution in [0.2, 0.25) is 5.02 Å². The van der Waals surface area contributed by atoms with E-state index in [0.29, 0.717) is 29.5 Å². The minimum absolute atomic E-state index is 0.214. The minimum Gasteiger partial charge on any atom is -0.324 e. The second-order valence-corrected chi connectivity index (χ2v) is 5.56. The summed E-state index contributed by atoms with van der Waals surface area (Å²) in [5, 5.41) is 12.6. The zero-order valence-electron chi connectivity index (χ0n) is 10.5. The van der Waals surface area contributed by atoms with Gasteiger partial charge in [-0.05, 0) is 43.4 Å². The van der Waals surface area contributed by atoms with E-state index < -0.39 is 5.41 Å². The fourth-order valence-corrected chi connectivity index (χ4v) is 2.60. The van der Waals surface area contributed by atoms with Gasteiger partial charge in [-0.1, -0.05) is 24.6 Å². The number of anilines is 1. The van der Waals surface area contributed by atoms with Gasteiger partial charge in [-0.15, -0.1) is 0 Å². The van der Waals surface area contributed by atoms with Crippen LogP contribution in [-0.2, 0) is 4.79 Å². The molecule has 18 heavy (non-hydrogen) atoms. The molecule has 0 atom stereocenters. The lowest BCUT2D eigenvalue weighted by Gasteiger charge is -2.39. The predicted molar refractivity (Wildman–Crippen MR) is 71.3 cm³/mol. The molecule has 1 aromatic rings. The number of halogens is 1. The molecule has 1 aromatic carbocycles. The first-order chi connectivity index (χ1) is 8.47. The Balaban J connectivity index is 2.17. The van der Waals surface area contributed by atoms with Crippen molar-refractivity contribution >= 4 is 23.2 Å². The summed E-state index contributed by atoms with van der Waals surface area (Å²) in [5.41, 5.74) is 0.767. The lowest BCUT2D eigenvalue weighted by Crippen LogP contribution is -2.45. The monoisotopic (exact) mass is 262 g/mol. The number of aryl methyl sites for hydroxylation is 1. The summed E-state index contributed by atoms with van der Waals surface area (Å²) < 4.78 is 0. The molecule has 0 aromatic heterocycles. The van der Waals surface area contributed by atoms with Crippen molar-refractivity contribution in [3.05, 3.63) is 28.8 Å².